The SMILES string of the molecule is CCCCCCN(C(=O)[C@@H](NC(=O)[C@H]1CCCCN1CCO)[C@@H](C)CC)[C@H](C[C@@H](OCC)c1nc(C(=O)N[C@@H](Cc2ccc(NC(=O)CNC(=O)[C@H](Cc3ccccc3)NC(=O)CNC(=O)CNC(=O)CCOCCOCCOCCOCCNC(=O)CCC(=O)CC3c4ccccc4/C=C\c4ccccc4CC3C)cc2)CC(C)(C)C(=O)O)cs1)C(C)C. The second-order valence-corrected chi connectivity index (χ2v) is 34.0. The van der Waals surface area contributed by atoms with Crippen molar-refractivity contribution in [2.24, 2.45) is 23.2 Å². The van der Waals surface area contributed by atoms with E-state index >= 15 is 4.79 Å². The molecule has 30 heteroatoms. The van der Waals surface area contributed by atoms with Crippen LogP contribution in [0.15, 0.2) is 109 Å². The lowest BCUT2D eigenvalue weighted by molar-refractivity contribution is -0.147. The van der Waals surface area contributed by atoms with Crippen LogP contribution in [0.5, 0.6) is 0 Å². The Morgan fingerprint density at radius 3 is 1.98 bits per heavy atom. The molecule has 0 saturated carbocycles. The zero-order valence-corrected chi connectivity index (χ0v) is 74.9. The van der Waals surface area contributed by atoms with Gasteiger partial charge < -0.3 is 81.3 Å². The van der Waals surface area contributed by atoms with E-state index in [0.717, 1.165) is 56.1 Å². The zero-order valence-electron chi connectivity index (χ0n) is 74.0. The monoisotopic (exact) mass is 1740 g/mol. The predicted molar refractivity (Wildman–Crippen MR) is 478 cm³/mol. The number of fused-ring (bicyclic) bond motifs is 2. The number of Topliss-reactive ketones (excluding diaryl/α,β-unsaturated/α-hetero) is 1. The van der Waals surface area contributed by atoms with Gasteiger partial charge in [-0.25, -0.2) is 4.98 Å². The molecule has 680 valence electrons. The van der Waals surface area contributed by atoms with Gasteiger partial charge in [0, 0.05) is 87.9 Å². The second kappa shape index (κ2) is 55.0. The smallest absolute Gasteiger partial charge is 0.309 e. The van der Waals surface area contributed by atoms with Crippen LogP contribution in [0.1, 0.15) is 213 Å². The van der Waals surface area contributed by atoms with Crippen LogP contribution in [0.3, 0.4) is 0 Å². The molecule has 1 saturated heterocycles. The summed E-state index contributed by atoms with van der Waals surface area (Å²) in [6.07, 6.45) is 12.5. The number of aliphatic hydroxyl groups excluding tert-OH is 1. The molecule has 2 aliphatic rings. The zero-order chi connectivity index (χ0) is 89.8. The summed E-state index contributed by atoms with van der Waals surface area (Å²) >= 11 is 1.26. The Morgan fingerprint density at radius 2 is 1.29 bits per heavy atom. The van der Waals surface area contributed by atoms with E-state index in [4.69, 9.17) is 28.7 Å². The number of carbonyl (C=O) groups is 11. The maximum Gasteiger partial charge on any atom is 0.309 e. The number of hydrogen-bond donors (Lipinski definition) is 10. The van der Waals surface area contributed by atoms with Crippen molar-refractivity contribution in [2.45, 2.75) is 214 Å². The van der Waals surface area contributed by atoms with Crippen LogP contribution < -0.4 is 42.5 Å². The first kappa shape index (κ1) is 101. The highest BCUT2D eigenvalue weighted by Crippen LogP contribution is 2.38. The van der Waals surface area contributed by atoms with Gasteiger partial charge >= 0.3 is 5.97 Å². The van der Waals surface area contributed by atoms with E-state index in [1.54, 1.807) is 73.8 Å². The van der Waals surface area contributed by atoms with Crippen LogP contribution in [0.2, 0.25) is 0 Å². The number of benzene rings is 4. The van der Waals surface area contributed by atoms with Crippen LogP contribution in [-0.2, 0) is 90.9 Å². The van der Waals surface area contributed by atoms with Crippen molar-refractivity contribution in [1.29, 1.82) is 0 Å². The number of carbonyl (C=O) groups excluding carboxylic acids is 10. The molecular weight excluding hydrogens is 1600 g/mol. The summed E-state index contributed by atoms with van der Waals surface area (Å²) in [7, 11) is 0. The molecule has 0 radical (unpaired) electrons. The molecule has 9 atom stereocenters. The van der Waals surface area contributed by atoms with Crippen LogP contribution in [0, 0.1) is 23.2 Å². The number of carboxylic acid groups (broad SMARTS) is 1. The molecule has 1 fully saturated rings. The molecule has 0 bridgehead atoms. The number of rotatable bonds is 57. The fraction of sp³-hybridized carbons (Fsp3) is 0.574. The van der Waals surface area contributed by atoms with Crippen molar-refractivity contribution in [3.8, 4) is 0 Å². The van der Waals surface area contributed by atoms with Gasteiger partial charge in [-0.3, -0.25) is 57.6 Å². The number of hydrogen-bond acceptors (Lipinski definition) is 20. The molecule has 1 aliphatic carbocycles. The number of carboxylic acids is 1. The summed E-state index contributed by atoms with van der Waals surface area (Å²) in [5, 5.41) is 44.3. The highest BCUT2D eigenvalue weighted by atomic mass is 32.1. The van der Waals surface area contributed by atoms with E-state index in [0.29, 0.717) is 107 Å². The lowest BCUT2D eigenvalue weighted by atomic mass is 9.78. The van der Waals surface area contributed by atoms with Crippen molar-refractivity contribution < 1.29 is 86.6 Å². The molecule has 29 nitrogen and oxygen atoms in total. The Hall–Kier alpha value is -9.66. The van der Waals surface area contributed by atoms with Gasteiger partial charge in [0.1, 0.15) is 34.7 Å². The molecule has 10 N–H and O–H groups in total. The number of nitrogens with one attached hydrogen (secondary N) is 8. The van der Waals surface area contributed by atoms with Crippen molar-refractivity contribution in [3.05, 3.63) is 153 Å². The summed E-state index contributed by atoms with van der Waals surface area (Å²) in [6.45, 7) is 20.2. The average Bonchev–Trinajstić information content (AvgIpc) is 1.57. The number of unbranched alkanes of at least 4 members (excludes halogenated alkanes) is 3. The Bertz CT molecular complexity index is 4200. The molecule has 1 aliphatic heterocycles. The summed E-state index contributed by atoms with van der Waals surface area (Å²) in [6, 6.07) is 28.7. The van der Waals surface area contributed by atoms with Gasteiger partial charge in [0.15, 0.2) is 0 Å². The summed E-state index contributed by atoms with van der Waals surface area (Å²) in [5.74, 6) is -5.19. The van der Waals surface area contributed by atoms with Gasteiger partial charge in [-0.2, -0.15) is 0 Å². The third-order valence-corrected chi connectivity index (χ3v) is 23.6. The minimum atomic E-state index is -1.27. The molecule has 7 rings (SSSR count). The number of aromatic nitrogens is 1. The van der Waals surface area contributed by atoms with E-state index in [1.165, 1.54) is 22.5 Å². The Balaban J connectivity index is 0.783. The summed E-state index contributed by atoms with van der Waals surface area (Å²) in [4.78, 5) is 157. The van der Waals surface area contributed by atoms with Gasteiger partial charge in [-0.15, -0.1) is 11.3 Å². The molecule has 0 spiro atoms. The van der Waals surface area contributed by atoms with Gasteiger partial charge in [-0.05, 0) is 135 Å². The third kappa shape index (κ3) is 35.4. The molecule has 2 heterocycles. The molecule has 2 unspecified atom stereocenters. The summed E-state index contributed by atoms with van der Waals surface area (Å²) < 4.78 is 28.6. The molecule has 5 aromatic rings. The van der Waals surface area contributed by atoms with E-state index in [2.05, 4.69) is 107 Å². The lowest BCUT2D eigenvalue weighted by Crippen LogP contribution is -2.59. The number of aliphatic hydroxyl groups is 1. The van der Waals surface area contributed by atoms with E-state index in [1.807, 2.05) is 54.8 Å². The number of thiazole rings is 1. The number of aliphatic carboxylic acids is 1. The van der Waals surface area contributed by atoms with Crippen LogP contribution >= 0.6 is 11.3 Å². The molecule has 124 heavy (non-hydrogen) atoms. The van der Waals surface area contributed by atoms with Crippen LogP contribution in [0.25, 0.3) is 12.2 Å². The lowest BCUT2D eigenvalue weighted by Gasteiger charge is -2.40. The predicted octanol–water partition coefficient (Wildman–Crippen LogP) is 9.74. The number of ether oxygens (including phenoxy) is 5. The fourth-order valence-corrected chi connectivity index (χ4v) is 16.3. The Morgan fingerprint density at radius 1 is 0.653 bits per heavy atom. The van der Waals surface area contributed by atoms with E-state index in [-0.39, 0.29) is 130 Å². The Labute approximate surface area is 735 Å². The van der Waals surface area contributed by atoms with Crippen molar-refractivity contribution in [1.82, 2.24) is 52.0 Å². The highest BCUT2D eigenvalue weighted by molar-refractivity contribution is 7.09. The standard InChI is InChI=1S/C94H135N11O18S/c1-10-13-14-23-43-105(92(116)87(65(6)11-2)103-90(115)79-31-22-24-42-104(79)44-45-106)80(64(4)5)58-81(123-12-3)91-102-78(63-124-91)89(114)100-73(59-94(8,9)93(117)118)55-68-32-36-72(37-33-68)99-85(111)62-98-88(113)77(56-67-25-16-15-17-26-67)101-86(112)61-97-84(110)60-96-83(109)40-46-119-48-50-121-52-53-122-51-49-120-47-41-95-82(108)39-38-74(107)57-76-66(7)54-71-29-19-18-27-69(71)34-35-70-28-20-21-30-75(70)76/h15-21,25-30,32-37,63-66,73,76-77,79-81,87,106H,10-14,22-24,31,38-62H2,1-9H3,(H,95,108)(H,96,109)(H,97,110)(H,98,113)(H,99,111)(H,100,114)(H,101,112)(H,103,115)(H,117,118)/b35-34-/t65-,66?,73-,76?,77-,79+,80+,81+,87-/m0/s1. The van der Waals surface area contributed by atoms with Gasteiger partial charge in [-0.1, -0.05) is 177 Å². The number of anilines is 1. The fourth-order valence-electron chi connectivity index (χ4n) is 15.4. The minimum Gasteiger partial charge on any atom is -0.481 e. The first-order valence-electron chi connectivity index (χ1n) is 44.2. The Kier molecular flexibility index (Phi) is 44.9. The minimum absolute atomic E-state index is 0.0248. The van der Waals surface area contributed by atoms with E-state index < -0.39 is 96.7 Å². The third-order valence-electron chi connectivity index (χ3n) is 22.6. The number of piperidine rings is 1. The van der Waals surface area contributed by atoms with Crippen LogP contribution in [0.4, 0.5) is 5.69 Å². The van der Waals surface area contributed by atoms with E-state index in [9.17, 15) is 58.2 Å². The molecule has 1 aromatic heterocycles. The van der Waals surface area contributed by atoms with Crippen molar-refractivity contribution in [3.63, 3.8) is 0 Å². The molecule has 9 amide bonds. The van der Waals surface area contributed by atoms with Crippen molar-refractivity contribution >= 4 is 94.1 Å². The number of β-amino-alcohol motifs (C(OH)–C–C–N with tert-alkyl or cyclic N) is 1. The normalized spacial score (nSPS) is 16.3. The number of ketones is 1. The summed E-state index contributed by atoms with van der Waals surface area (Å²) in [5.41, 5.74) is 5.31. The van der Waals surface area contributed by atoms with Crippen LogP contribution in [-0.4, -0.2) is 232 Å². The maximum atomic E-state index is 15.2. The number of nitrogens with zero attached hydrogens (tertiary/aromatic N) is 3. The first-order chi connectivity index (χ1) is 59.7. The molecular formula is C94H135N11O18S. The second-order valence-electron chi connectivity index (χ2n) is 33.1. The number of likely N-dealkylation sites (tertiary alicyclic amines) is 1. The number of amides is 9. The molecule has 4 aromatic carbocycles. The largest absolute Gasteiger partial charge is 0.481 e. The van der Waals surface area contributed by atoms with Gasteiger partial charge in [0.25, 0.3) is 5.91 Å². The average molecular weight is 1740 g/mol. The van der Waals surface area contributed by atoms with Gasteiger partial charge in [0.05, 0.1) is 90.6 Å². The maximum absolute atomic E-state index is 15.2. The highest BCUT2D eigenvalue weighted by Gasteiger charge is 2.40. The quantitative estimate of drug-likeness (QED) is 0.0162. The first-order valence-corrected chi connectivity index (χ1v) is 45.1. The topological polar surface area (TPSA) is 390 Å². The van der Waals surface area contributed by atoms with Gasteiger partial charge in [0.2, 0.25) is 47.3 Å². The van der Waals surface area contributed by atoms with Crippen molar-refractivity contribution in [2.75, 3.05) is 117 Å².